The van der Waals surface area contributed by atoms with E-state index in [9.17, 15) is 4.79 Å². The number of hydrogen-bond acceptors (Lipinski definition) is 2. The van der Waals surface area contributed by atoms with Crippen LogP contribution in [0.4, 0.5) is 5.69 Å². The van der Waals surface area contributed by atoms with Crippen molar-refractivity contribution < 1.29 is 9.53 Å². The topological polar surface area (TPSA) is 38.3 Å². The van der Waals surface area contributed by atoms with E-state index in [2.05, 4.69) is 17.4 Å². The molecule has 1 aromatic rings. The predicted molar refractivity (Wildman–Crippen MR) is 70.7 cm³/mol. The molecule has 3 heteroatoms. The number of rotatable bonds is 2. The Morgan fingerprint density at radius 2 is 2.00 bits per heavy atom. The molecule has 0 saturated carbocycles. The van der Waals surface area contributed by atoms with Crippen molar-refractivity contribution in [2.75, 3.05) is 11.9 Å². The molecule has 96 valence electrons. The van der Waals surface area contributed by atoms with Crippen LogP contribution in [-0.4, -0.2) is 18.6 Å². The first kappa shape index (κ1) is 11.7. The lowest BCUT2D eigenvalue weighted by Gasteiger charge is -2.17. The molecule has 1 atom stereocenters. The molecular formula is C15H19NO2. The second kappa shape index (κ2) is 5.11. The first-order valence-electron chi connectivity index (χ1n) is 6.87. The van der Waals surface area contributed by atoms with Gasteiger partial charge in [0.1, 0.15) is 6.10 Å². The van der Waals surface area contributed by atoms with Crippen molar-refractivity contribution in [2.45, 2.75) is 44.6 Å². The summed E-state index contributed by atoms with van der Waals surface area (Å²) in [5.74, 6) is 0.00302. The van der Waals surface area contributed by atoms with Crippen molar-refractivity contribution in [3.05, 3.63) is 29.3 Å². The van der Waals surface area contributed by atoms with E-state index in [4.69, 9.17) is 4.74 Å². The number of carbonyl (C=O) groups excluding carboxylic acids is 1. The maximum Gasteiger partial charge on any atom is 0.253 e. The van der Waals surface area contributed by atoms with Gasteiger partial charge in [-0.15, -0.1) is 0 Å². The van der Waals surface area contributed by atoms with E-state index in [1.54, 1.807) is 0 Å². The monoisotopic (exact) mass is 245 g/mol. The van der Waals surface area contributed by atoms with Crippen molar-refractivity contribution in [3.8, 4) is 0 Å². The minimum atomic E-state index is -0.249. The summed E-state index contributed by atoms with van der Waals surface area (Å²) in [4.78, 5) is 11.9. The first-order chi connectivity index (χ1) is 8.83. The maximum atomic E-state index is 11.9. The van der Waals surface area contributed by atoms with E-state index in [1.807, 2.05) is 6.07 Å². The summed E-state index contributed by atoms with van der Waals surface area (Å²) in [6, 6.07) is 6.29. The Morgan fingerprint density at radius 1 is 1.17 bits per heavy atom. The molecule has 0 unspecified atom stereocenters. The Kier molecular flexibility index (Phi) is 3.33. The number of amides is 1. The number of fused-ring (bicyclic) bond motifs is 1. The fourth-order valence-corrected chi connectivity index (χ4v) is 2.82. The highest BCUT2D eigenvalue weighted by atomic mass is 16.5. The Labute approximate surface area is 108 Å². The minimum Gasteiger partial charge on any atom is -0.368 e. The van der Waals surface area contributed by atoms with E-state index in [0.717, 1.165) is 24.9 Å². The smallest absolute Gasteiger partial charge is 0.253 e. The van der Waals surface area contributed by atoms with Crippen LogP contribution in [0.15, 0.2) is 18.2 Å². The fourth-order valence-electron chi connectivity index (χ4n) is 2.82. The van der Waals surface area contributed by atoms with Gasteiger partial charge in [0.05, 0.1) is 0 Å². The van der Waals surface area contributed by atoms with Crippen molar-refractivity contribution in [1.82, 2.24) is 0 Å². The van der Waals surface area contributed by atoms with Crippen molar-refractivity contribution in [2.24, 2.45) is 0 Å². The zero-order valence-corrected chi connectivity index (χ0v) is 10.6. The fraction of sp³-hybridized carbons (Fsp3) is 0.533. The summed E-state index contributed by atoms with van der Waals surface area (Å²) in [7, 11) is 0. The van der Waals surface area contributed by atoms with Crippen LogP contribution in [0.25, 0.3) is 0 Å². The van der Waals surface area contributed by atoms with Crippen LogP contribution in [-0.2, 0) is 22.4 Å². The van der Waals surface area contributed by atoms with Gasteiger partial charge in [-0.05, 0) is 61.8 Å². The minimum absolute atomic E-state index is 0.00302. The van der Waals surface area contributed by atoms with Crippen LogP contribution in [0.2, 0.25) is 0 Å². The molecule has 1 fully saturated rings. The lowest BCUT2D eigenvalue weighted by Crippen LogP contribution is -2.26. The third-order valence-corrected chi connectivity index (χ3v) is 3.84. The van der Waals surface area contributed by atoms with Crippen molar-refractivity contribution >= 4 is 11.6 Å². The largest absolute Gasteiger partial charge is 0.368 e. The number of hydrogen-bond donors (Lipinski definition) is 1. The molecule has 1 aliphatic heterocycles. The van der Waals surface area contributed by atoms with Gasteiger partial charge in [0.15, 0.2) is 0 Å². The summed E-state index contributed by atoms with van der Waals surface area (Å²) >= 11 is 0. The van der Waals surface area contributed by atoms with Gasteiger partial charge in [0.25, 0.3) is 5.91 Å². The van der Waals surface area contributed by atoms with Crippen LogP contribution in [0.1, 0.15) is 36.8 Å². The average Bonchev–Trinajstić information content (AvgIpc) is 2.92. The van der Waals surface area contributed by atoms with Gasteiger partial charge in [-0.1, -0.05) is 6.07 Å². The SMILES string of the molecule is O=C(Nc1ccc2c(c1)CCCC2)[C@H]1CCCO1. The second-order valence-electron chi connectivity index (χ2n) is 5.18. The summed E-state index contributed by atoms with van der Waals surface area (Å²) in [6.07, 6.45) is 6.44. The van der Waals surface area contributed by atoms with Crippen LogP contribution in [0, 0.1) is 0 Å². The molecule has 0 spiro atoms. The van der Waals surface area contributed by atoms with Crippen LogP contribution >= 0.6 is 0 Å². The Balaban J connectivity index is 1.70. The van der Waals surface area contributed by atoms with Gasteiger partial charge in [-0.25, -0.2) is 0 Å². The molecule has 18 heavy (non-hydrogen) atoms. The van der Waals surface area contributed by atoms with Gasteiger partial charge in [0, 0.05) is 12.3 Å². The summed E-state index contributed by atoms with van der Waals surface area (Å²) in [5, 5.41) is 2.97. The molecular weight excluding hydrogens is 226 g/mol. The Morgan fingerprint density at radius 3 is 2.78 bits per heavy atom. The number of aryl methyl sites for hydroxylation is 2. The molecule has 1 aliphatic carbocycles. The van der Waals surface area contributed by atoms with Crippen molar-refractivity contribution in [3.63, 3.8) is 0 Å². The second-order valence-corrected chi connectivity index (χ2v) is 5.18. The lowest BCUT2D eigenvalue weighted by molar-refractivity contribution is -0.124. The molecule has 1 aromatic carbocycles. The third kappa shape index (κ3) is 2.41. The highest BCUT2D eigenvalue weighted by Crippen LogP contribution is 2.24. The number of benzene rings is 1. The van der Waals surface area contributed by atoms with Gasteiger partial charge < -0.3 is 10.1 Å². The number of anilines is 1. The van der Waals surface area contributed by atoms with E-state index >= 15 is 0 Å². The first-order valence-corrected chi connectivity index (χ1v) is 6.87. The van der Waals surface area contributed by atoms with E-state index in [0.29, 0.717) is 6.61 Å². The Bertz CT molecular complexity index is 450. The zero-order chi connectivity index (χ0) is 12.4. The van der Waals surface area contributed by atoms with Crippen LogP contribution in [0.5, 0.6) is 0 Å². The number of ether oxygens (including phenoxy) is 1. The lowest BCUT2D eigenvalue weighted by atomic mass is 9.91. The maximum absolute atomic E-state index is 11.9. The molecule has 1 amide bonds. The van der Waals surface area contributed by atoms with E-state index in [1.165, 1.54) is 30.4 Å². The third-order valence-electron chi connectivity index (χ3n) is 3.84. The standard InChI is InChI=1S/C15H19NO2/c17-15(14-6-3-9-18-14)16-13-8-7-11-4-1-2-5-12(11)10-13/h7-8,10,14H,1-6,9H2,(H,16,17)/t14-/m1/s1. The van der Waals surface area contributed by atoms with E-state index in [-0.39, 0.29) is 12.0 Å². The molecule has 3 rings (SSSR count). The zero-order valence-electron chi connectivity index (χ0n) is 10.6. The molecule has 0 bridgehead atoms. The van der Waals surface area contributed by atoms with Gasteiger partial charge >= 0.3 is 0 Å². The normalized spacial score (nSPS) is 22.6. The number of nitrogens with one attached hydrogen (secondary N) is 1. The van der Waals surface area contributed by atoms with Gasteiger partial charge in [0.2, 0.25) is 0 Å². The molecule has 3 nitrogen and oxygen atoms in total. The molecule has 0 radical (unpaired) electrons. The highest BCUT2D eigenvalue weighted by Gasteiger charge is 2.23. The summed E-state index contributed by atoms with van der Waals surface area (Å²) < 4.78 is 5.39. The number of carbonyl (C=O) groups is 1. The predicted octanol–water partition coefficient (Wildman–Crippen LogP) is 2.68. The average molecular weight is 245 g/mol. The van der Waals surface area contributed by atoms with Crippen LogP contribution in [0.3, 0.4) is 0 Å². The summed E-state index contributed by atoms with van der Waals surface area (Å²) in [6.45, 7) is 0.711. The van der Waals surface area contributed by atoms with Gasteiger partial charge in [-0.2, -0.15) is 0 Å². The highest BCUT2D eigenvalue weighted by molar-refractivity contribution is 5.94. The molecule has 1 N–H and O–H groups in total. The summed E-state index contributed by atoms with van der Waals surface area (Å²) in [5.41, 5.74) is 3.75. The molecule has 0 aromatic heterocycles. The molecule has 2 aliphatic rings. The van der Waals surface area contributed by atoms with Gasteiger partial charge in [-0.3, -0.25) is 4.79 Å². The van der Waals surface area contributed by atoms with Crippen molar-refractivity contribution in [1.29, 1.82) is 0 Å². The molecule has 1 heterocycles. The Hall–Kier alpha value is -1.35. The van der Waals surface area contributed by atoms with E-state index < -0.39 is 0 Å². The van der Waals surface area contributed by atoms with Crippen LogP contribution < -0.4 is 5.32 Å². The quantitative estimate of drug-likeness (QED) is 0.870. The molecule has 1 saturated heterocycles.